The zero-order valence-corrected chi connectivity index (χ0v) is 20.3. The summed E-state index contributed by atoms with van der Waals surface area (Å²) in [6, 6.07) is 10.6. The van der Waals surface area contributed by atoms with Crippen molar-refractivity contribution >= 4 is 12.1 Å². The Morgan fingerprint density at radius 1 is 1.03 bits per heavy atom. The quantitative estimate of drug-likeness (QED) is 0.418. The molecule has 0 aliphatic carbocycles. The van der Waals surface area contributed by atoms with E-state index in [0.717, 1.165) is 17.7 Å². The lowest BCUT2D eigenvalue weighted by Crippen LogP contribution is -2.37. The van der Waals surface area contributed by atoms with Crippen molar-refractivity contribution in [2.24, 2.45) is 5.10 Å². The fraction of sp³-hybridized carbons (Fsp3) is 0.440. The number of likely N-dealkylation sites (N-methyl/N-ethyl adjacent to an activating group) is 2. The van der Waals surface area contributed by atoms with Crippen molar-refractivity contribution in [3.8, 4) is 5.75 Å². The fourth-order valence-electron chi connectivity index (χ4n) is 3.24. The van der Waals surface area contributed by atoms with Gasteiger partial charge in [-0.1, -0.05) is 45.0 Å². The third-order valence-corrected chi connectivity index (χ3v) is 5.27. The van der Waals surface area contributed by atoms with Crippen LogP contribution >= 0.6 is 0 Å². The van der Waals surface area contributed by atoms with Crippen LogP contribution in [0.15, 0.2) is 47.6 Å². The van der Waals surface area contributed by atoms with Crippen LogP contribution < -0.4 is 5.43 Å². The molecule has 0 saturated heterocycles. The number of hydrogen-bond donors (Lipinski definition) is 2. The summed E-state index contributed by atoms with van der Waals surface area (Å²) in [6.45, 7) is 7.77. The normalized spacial score (nSPS) is 12.6. The van der Waals surface area contributed by atoms with Crippen molar-refractivity contribution in [1.29, 1.82) is 0 Å². The number of nitrogens with one attached hydrogen (secondary N) is 1. The van der Waals surface area contributed by atoms with E-state index < -0.39 is 11.7 Å². The van der Waals surface area contributed by atoms with Crippen molar-refractivity contribution in [1.82, 2.24) is 15.2 Å². The van der Waals surface area contributed by atoms with Gasteiger partial charge in [-0.2, -0.15) is 18.3 Å². The smallest absolute Gasteiger partial charge is 0.416 e. The molecule has 0 radical (unpaired) electrons. The molecule has 0 saturated carbocycles. The molecule has 1 amide bonds. The maximum absolute atomic E-state index is 12.9. The Kier molecular flexibility index (Phi) is 9.23. The topological polar surface area (TPSA) is 68.2 Å². The third kappa shape index (κ3) is 8.79. The van der Waals surface area contributed by atoms with Gasteiger partial charge in [0.1, 0.15) is 5.75 Å². The number of benzene rings is 2. The lowest BCUT2D eigenvalue weighted by atomic mass is 9.86. The summed E-state index contributed by atoms with van der Waals surface area (Å²) in [7, 11) is 3.59. The molecule has 2 aromatic carbocycles. The van der Waals surface area contributed by atoms with Gasteiger partial charge in [-0.05, 0) is 48.8 Å². The molecule has 2 N–H and O–H groups in total. The highest BCUT2D eigenvalue weighted by Gasteiger charge is 2.30. The van der Waals surface area contributed by atoms with Crippen molar-refractivity contribution < 1.29 is 23.1 Å². The lowest BCUT2D eigenvalue weighted by Gasteiger charge is -2.21. The molecule has 0 bridgehead atoms. The van der Waals surface area contributed by atoms with Gasteiger partial charge in [-0.25, -0.2) is 5.43 Å². The second-order valence-electron chi connectivity index (χ2n) is 9.49. The van der Waals surface area contributed by atoms with Gasteiger partial charge < -0.3 is 10.0 Å². The molecule has 6 nitrogen and oxygen atoms in total. The highest BCUT2D eigenvalue weighted by Crippen LogP contribution is 2.29. The Morgan fingerprint density at radius 3 is 2.35 bits per heavy atom. The number of rotatable bonds is 9. The first-order chi connectivity index (χ1) is 15.8. The predicted molar refractivity (Wildman–Crippen MR) is 128 cm³/mol. The number of aromatic hydroxyl groups is 1. The van der Waals surface area contributed by atoms with Crippen LogP contribution in [0.5, 0.6) is 5.75 Å². The Morgan fingerprint density at radius 2 is 1.71 bits per heavy atom. The van der Waals surface area contributed by atoms with Gasteiger partial charge in [0.25, 0.3) is 5.91 Å². The Hall–Kier alpha value is -2.91. The minimum Gasteiger partial charge on any atom is -0.507 e. The maximum Gasteiger partial charge on any atom is 0.416 e. The van der Waals surface area contributed by atoms with E-state index in [9.17, 15) is 23.1 Å². The summed E-state index contributed by atoms with van der Waals surface area (Å²) in [5, 5.41) is 14.0. The number of nitrogens with zero attached hydrogens (tertiary/aromatic N) is 3. The Bertz CT molecular complexity index is 1000. The molecular formula is C25H33F3N4O2. The first-order valence-corrected chi connectivity index (χ1v) is 10.9. The summed E-state index contributed by atoms with van der Waals surface area (Å²) < 4.78 is 38.6. The van der Waals surface area contributed by atoms with Gasteiger partial charge in [0.2, 0.25) is 0 Å². The molecule has 2 aromatic rings. The maximum atomic E-state index is 12.9. The van der Waals surface area contributed by atoms with Gasteiger partial charge in [0.15, 0.2) is 0 Å². The van der Waals surface area contributed by atoms with Gasteiger partial charge in [-0.15, -0.1) is 0 Å². The van der Waals surface area contributed by atoms with Crippen molar-refractivity contribution in [3.63, 3.8) is 0 Å². The van der Waals surface area contributed by atoms with Crippen LogP contribution in [0.25, 0.3) is 0 Å². The predicted octanol–water partition coefficient (Wildman–Crippen LogP) is 4.22. The van der Waals surface area contributed by atoms with Gasteiger partial charge in [0, 0.05) is 25.2 Å². The van der Waals surface area contributed by atoms with Crippen LogP contribution in [0.3, 0.4) is 0 Å². The summed E-state index contributed by atoms with van der Waals surface area (Å²) in [5.74, 6) is -0.238. The zero-order chi connectivity index (χ0) is 25.5. The van der Waals surface area contributed by atoms with Gasteiger partial charge in [0.05, 0.1) is 18.3 Å². The van der Waals surface area contributed by atoms with Crippen LogP contribution in [0.1, 0.15) is 43.0 Å². The SMILES string of the molecule is CN(CCN(C)Cc1cccc(C(F)(F)F)c1)CC(=O)N/N=C/c1cc(C(C)(C)C)ccc1O. The van der Waals surface area contributed by atoms with E-state index in [2.05, 4.69) is 31.3 Å². The molecule has 0 unspecified atom stereocenters. The largest absolute Gasteiger partial charge is 0.507 e. The van der Waals surface area contributed by atoms with E-state index >= 15 is 0 Å². The van der Waals surface area contributed by atoms with Gasteiger partial charge in [-0.3, -0.25) is 9.69 Å². The number of amides is 1. The standard InChI is InChI=1S/C25H33F3N4O2/c1-24(2,3)20-9-10-22(33)19(14-20)15-29-30-23(34)17-32(5)12-11-31(4)16-18-7-6-8-21(13-18)25(26,27)28/h6-10,13-15,33H,11-12,16-17H2,1-5H3,(H,30,34)/b29-15+. The second-order valence-corrected chi connectivity index (χ2v) is 9.49. The average Bonchev–Trinajstić information content (AvgIpc) is 2.72. The number of halogens is 3. The molecule has 0 aliphatic rings. The molecule has 2 rings (SSSR count). The number of phenolic OH excluding ortho intramolecular Hbond substituents is 1. The highest BCUT2D eigenvalue weighted by molar-refractivity contribution is 5.85. The van der Waals surface area contributed by atoms with E-state index in [1.165, 1.54) is 12.3 Å². The van der Waals surface area contributed by atoms with Crippen molar-refractivity contribution in [2.75, 3.05) is 33.7 Å². The summed E-state index contributed by atoms with van der Waals surface area (Å²) in [5.41, 5.74) is 3.83. The van der Waals surface area contributed by atoms with E-state index in [1.807, 2.05) is 24.1 Å². The number of hydrogen-bond acceptors (Lipinski definition) is 5. The molecule has 186 valence electrons. The summed E-state index contributed by atoms with van der Waals surface area (Å²) in [6.07, 6.45) is -2.95. The molecule has 0 fully saturated rings. The van der Waals surface area contributed by atoms with E-state index in [4.69, 9.17) is 0 Å². The number of hydrazone groups is 1. The van der Waals surface area contributed by atoms with Gasteiger partial charge >= 0.3 is 6.18 Å². The fourth-order valence-corrected chi connectivity index (χ4v) is 3.24. The number of carbonyl (C=O) groups is 1. The molecule has 34 heavy (non-hydrogen) atoms. The van der Waals surface area contributed by atoms with E-state index in [-0.39, 0.29) is 23.6 Å². The Labute approximate surface area is 199 Å². The molecular weight excluding hydrogens is 445 g/mol. The van der Waals surface area contributed by atoms with Crippen LogP contribution in [-0.4, -0.2) is 60.8 Å². The van der Waals surface area contributed by atoms with Crippen LogP contribution in [0.4, 0.5) is 13.2 Å². The third-order valence-electron chi connectivity index (χ3n) is 5.27. The first kappa shape index (κ1) is 27.3. The number of alkyl halides is 3. The Balaban J connectivity index is 1.80. The lowest BCUT2D eigenvalue weighted by molar-refractivity contribution is -0.137. The number of phenols is 1. The average molecular weight is 479 g/mol. The summed E-state index contributed by atoms with van der Waals surface area (Å²) in [4.78, 5) is 15.9. The minimum atomic E-state index is -4.36. The highest BCUT2D eigenvalue weighted by atomic mass is 19.4. The minimum absolute atomic E-state index is 0.0759. The molecule has 0 atom stereocenters. The summed E-state index contributed by atoms with van der Waals surface area (Å²) >= 11 is 0. The molecule has 0 heterocycles. The van der Waals surface area contributed by atoms with E-state index in [0.29, 0.717) is 30.8 Å². The van der Waals surface area contributed by atoms with Crippen LogP contribution in [0, 0.1) is 0 Å². The second kappa shape index (κ2) is 11.5. The molecule has 0 spiro atoms. The molecule has 0 aliphatic heterocycles. The first-order valence-electron chi connectivity index (χ1n) is 10.9. The molecule has 0 aromatic heterocycles. The van der Waals surface area contributed by atoms with Crippen molar-refractivity contribution in [2.45, 2.75) is 38.9 Å². The number of carbonyl (C=O) groups excluding carboxylic acids is 1. The van der Waals surface area contributed by atoms with E-state index in [1.54, 1.807) is 24.1 Å². The molecule has 9 heteroatoms. The zero-order valence-electron chi connectivity index (χ0n) is 20.3. The van der Waals surface area contributed by atoms with Crippen LogP contribution in [0.2, 0.25) is 0 Å². The monoisotopic (exact) mass is 478 g/mol. The van der Waals surface area contributed by atoms with Crippen LogP contribution in [-0.2, 0) is 22.9 Å². The van der Waals surface area contributed by atoms with Crippen molar-refractivity contribution in [3.05, 3.63) is 64.7 Å².